The Labute approximate surface area is 87.1 Å². The van der Waals surface area contributed by atoms with Crippen molar-refractivity contribution in [2.24, 2.45) is 0 Å². The Morgan fingerprint density at radius 3 is 1.93 bits per heavy atom. The van der Waals surface area contributed by atoms with Gasteiger partial charge in [-0.25, -0.2) is 4.79 Å². The number of rotatable bonds is 1. The number of carboxylic acid groups (broad SMARTS) is 1. The fourth-order valence-electron chi connectivity index (χ4n) is 0.654. The molecule has 0 saturated carbocycles. The first-order chi connectivity index (χ1) is 6.45. The predicted molar refractivity (Wildman–Crippen MR) is 54.2 cm³/mol. The first-order valence-corrected chi connectivity index (χ1v) is 4.98. The summed E-state index contributed by atoms with van der Waals surface area (Å²) in [7, 11) is -2.62. The summed E-state index contributed by atoms with van der Waals surface area (Å²) in [6, 6.07) is 6.58. The minimum absolute atomic E-state index is 0.242. The van der Waals surface area contributed by atoms with Crippen molar-refractivity contribution >= 4 is 27.2 Å². The average molecular weight is 236 g/mol. The Balaban J connectivity index is 0.000000364. The predicted octanol–water partition coefficient (Wildman–Crippen LogP) is 0.864. The Hall–Kier alpha value is -0.650. The van der Waals surface area contributed by atoms with Gasteiger partial charge in [0.2, 0.25) is 0 Å². The Morgan fingerprint density at radius 1 is 1.21 bits per heavy atom. The van der Waals surface area contributed by atoms with E-state index < -0.39 is 14.6 Å². The highest BCUT2D eigenvalue weighted by Crippen LogP contribution is 2.12. The fraction of sp³-hybridized carbons (Fsp3) is 0. The van der Waals surface area contributed by atoms with Crippen LogP contribution in [0.4, 0.5) is 0 Å². The largest absolute Gasteiger partial charge is 0.478 e. The maximum absolute atomic E-state index is 10.4. The van der Waals surface area contributed by atoms with E-state index in [1.54, 1.807) is 18.2 Å². The molecule has 7 heteroatoms. The van der Waals surface area contributed by atoms with Crippen LogP contribution in [0.1, 0.15) is 10.4 Å². The Kier molecular flexibility index (Phi) is 6.44. The molecule has 14 heavy (non-hydrogen) atoms. The molecule has 4 N–H and O–H groups in total. The van der Waals surface area contributed by atoms with Gasteiger partial charge in [-0.3, -0.25) is 0 Å². The molecule has 1 aromatic carbocycles. The van der Waals surface area contributed by atoms with Gasteiger partial charge in [0.05, 0.1) is 5.56 Å². The van der Waals surface area contributed by atoms with Crippen LogP contribution < -0.4 is 0 Å². The van der Waals surface area contributed by atoms with E-state index >= 15 is 0 Å². The molecule has 1 rings (SSSR count). The SMILES string of the molecule is O=C(O)c1ccccc1S.OP(O)O. The fourth-order valence-corrected chi connectivity index (χ4v) is 0.911. The highest BCUT2D eigenvalue weighted by Gasteiger charge is 2.03. The van der Waals surface area contributed by atoms with E-state index in [-0.39, 0.29) is 5.56 Å². The van der Waals surface area contributed by atoms with Crippen LogP contribution in [0, 0.1) is 0 Å². The number of thiol groups is 1. The second-order valence-corrected chi connectivity index (χ2v) is 3.11. The van der Waals surface area contributed by atoms with E-state index in [1.165, 1.54) is 6.07 Å². The normalized spacial score (nSPS) is 9.21. The van der Waals surface area contributed by atoms with E-state index in [0.29, 0.717) is 4.90 Å². The monoisotopic (exact) mass is 236 g/mol. The summed E-state index contributed by atoms with van der Waals surface area (Å²) in [5.74, 6) is -0.939. The third kappa shape index (κ3) is 5.90. The van der Waals surface area contributed by atoms with E-state index in [0.717, 1.165) is 0 Å². The molecule has 0 radical (unpaired) electrons. The van der Waals surface area contributed by atoms with Crippen molar-refractivity contribution in [1.82, 2.24) is 0 Å². The number of benzene rings is 1. The second-order valence-electron chi connectivity index (χ2n) is 2.09. The lowest BCUT2D eigenvalue weighted by atomic mass is 10.2. The van der Waals surface area contributed by atoms with Gasteiger partial charge in [0, 0.05) is 4.90 Å². The number of hydrogen-bond acceptors (Lipinski definition) is 5. The topological polar surface area (TPSA) is 98.0 Å². The summed E-state index contributed by atoms with van der Waals surface area (Å²) in [4.78, 5) is 32.6. The Bertz CT molecular complexity index is 301. The van der Waals surface area contributed by atoms with Gasteiger partial charge < -0.3 is 19.8 Å². The molecule has 0 bridgehead atoms. The van der Waals surface area contributed by atoms with Crippen LogP contribution in [0.5, 0.6) is 0 Å². The highest BCUT2D eigenvalue weighted by atomic mass is 32.1. The summed E-state index contributed by atoms with van der Waals surface area (Å²) < 4.78 is 0. The lowest BCUT2D eigenvalue weighted by Crippen LogP contribution is -1.96. The highest BCUT2D eigenvalue weighted by molar-refractivity contribution is 7.80. The maximum Gasteiger partial charge on any atom is 0.336 e. The summed E-state index contributed by atoms with van der Waals surface area (Å²) in [6.07, 6.45) is 0. The van der Waals surface area contributed by atoms with Crippen LogP contribution >= 0.6 is 21.2 Å². The minimum Gasteiger partial charge on any atom is -0.478 e. The molecule has 0 amide bonds. The van der Waals surface area contributed by atoms with E-state index in [1.807, 2.05) is 0 Å². The van der Waals surface area contributed by atoms with E-state index in [2.05, 4.69) is 12.6 Å². The Morgan fingerprint density at radius 2 is 1.64 bits per heavy atom. The molecule has 0 saturated heterocycles. The minimum atomic E-state index is -2.62. The molecule has 0 aromatic heterocycles. The maximum atomic E-state index is 10.4. The summed E-state index contributed by atoms with van der Waals surface area (Å²) in [5, 5.41) is 8.52. The molecule has 78 valence electrons. The molecule has 5 nitrogen and oxygen atoms in total. The zero-order valence-electron chi connectivity index (χ0n) is 6.90. The van der Waals surface area contributed by atoms with Gasteiger partial charge in [0.1, 0.15) is 0 Å². The van der Waals surface area contributed by atoms with Gasteiger partial charge in [0.25, 0.3) is 0 Å². The van der Waals surface area contributed by atoms with Crippen LogP contribution in [-0.2, 0) is 0 Å². The smallest absolute Gasteiger partial charge is 0.336 e. The van der Waals surface area contributed by atoms with E-state index in [9.17, 15) is 4.79 Å². The van der Waals surface area contributed by atoms with Gasteiger partial charge in [-0.1, -0.05) is 12.1 Å². The summed E-state index contributed by atoms with van der Waals surface area (Å²) in [5.41, 5.74) is 0.242. The summed E-state index contributed by atoms with van der Waals surface area (Å²) in [6.45, 7) is 0. The molecule has 0 aliphatic heterocycles. The molecule has 0 aliphatic carbocycles. The third-order valence-electron chi connectivity index (χ3n) is 1.13. The second kappa shape index (κ2) is 6.75. The van der Waals surface area contributed by atoms with Crippen molar-refractivity contribution < 1.29 is 24.6 Å². The summed E-state index contributed by atoms with van der Waals surface area (Å²) >= 11 is 3.96. The van der Waals surface area contributed by atoms with E-state index in [4.69, 9.17) is 19.8 Å². The number of hydrogen-bond donors (Lipinski definition) is 5. The zero-order chi connectivity index (χ0) is 11.1. The van der Waals surface area contributed by atoms with Crippen LogP contribution in [0.15, 0.2) is 29.2 Å². The molecule has 0 aliphatic rings. The average Bonchev–Trinajstić information content (AvgIpc) is 2.03. The molecular formula is C7H9O5PS. The molecule has 0 spiro atoms. The van der Waals surface area contributed by atoms with Crippen molar-refractivity contribution in [1.29, 1.82) is 0 Å². The lowest BCUT2D eigenvalue weighted by Gasteiger charge is -1.95. The number of aromatic carboxylic acids is 1. The van der Waals surface area contributed by atoms with Gasteiger partial charge in [-0.15, -0.1) is 12.6 Å². The molecular weight excluding hydrogens is 227 g/mol. The number of carboxylic acids is 1. The quantitative estimate of drug-likeness (QED) is 0.368. The van der Waals surface area contributed by atoms with Crippen LogP contribution in [0.2, 0.25) is 0 Å². The third-order valence-corrected chi connectivity index (χ3v) is 1.52. The van der Waals surface area contributed by atoms with Gasteiger partial charge in [-0.05, 0) is 12.1 Å². The molecule has 1 aromatic rings. The molecule has 0 unspecified atom stereocenters. The van der Waals surface area contributed by atoms with Gasteiger partial charge >= 0.3 is 14.6 Å². The zero-order valence-corrected chi connectivity index (χ0v) is 8.69. The standard InChI is InChI=1S/C7H6O2S.H3O3P/c8-7(9)5-3-1-2-4-6(5)10;1-4(2)3/h1-4,10H,(H,8,9);1-3H. The van der Waals surface area contributed by atoms with Crippen LogP contribution in [0.3, 0.4) is 0 Å². The van der Waals surface area contributed by atoms with Crippen LogP contribution in [-0.4, -0.2) is 25.8 Å². The van der Waals surface area contributed by atoms with Crippen molar-refractivity contribution in [2.45, 2.75) is 4.90 Å². The lowest BCUT2D eigenvalue weighted by molar-refractivity contribution is 0.0693. The molecule has 0 heterocycles. The van der Waals surface area contributed by atoms with Crippen molar-refractivity contribution in [3.05, 3.63) is 29.8 Å². The molecule has 0 atom stereocenters. The van der Waals surface area contributed by atoms with Gasteiger partial charge in [-0.2, -0.15) is 0 Å². The van der Waals surface area contributed by atoms with Gasteiger partial charge in [0.15, 0.2) is 0 Å². The van der Waals surface area contributed by atoms with Crippen molar-refractivity contribution in [3.8, 4) is 0 Å². The van der Waals surface area contributed by atoms with Crippen LogP contribution in [0.25, 0.3) is 0 Å². The van der Waals surface area contributed by atoms with Crippen molar-refractivity contribution in [2.75, 3.05) is 0 Å². The molecule has 0 fully saturated rings. The van der Waals surface area contributed by atoms with Crippen molar-refractivity contribution in [3.63, 3.8) is 0 Å². The first-order valence-electron chi connectivity index (χ1n) is 3.33. The number of carbonyl (C=O) groups is 1. The first kappa shape index (κ1) is 13.4.